The molecule has 0 unspecified atom stereocenters. The second kappa shape index (κ2) is 5.69. The summed E-state index contributed by atoms with van der Waals surface area (Å²) in [7, 11) is 0. The van der Waals surface area contributed by atoms with Crippen LogP contribution >= 0.6 is 0 Å². The molecule has 1 N–H and O–H groups in total. The SMILES string of the molecule is CCNCc1cnc(-c2cc(C)nc(C)c2)nc1. The van der Waals surface area contributed by atoms with Gasteiger partial charge in [0.15, 0.2) is 5.82 Å². The summed E-state index contributed by atoms with van der Waals surface area (Å²) in [5.41, 5.74) is 4.11. The molecule has 0 radical (unpaired) electrons. The molecule has 2 aromatic heterocycles. The van der Waals surface area contributed by atoms with Crippen molar-refractivity contribution in [1.82, 2.24) is 20.3 Å². The van der Waals surface area contributed by atoms with Crippen LogP contribution < -0.4 is 5.32 Å². The molecule has 2 rings (SSSR count). The summed E-state index contributed by atoms with van der Waals surface area (Å²) >= 11 is 0. The van der Waals surface area contributed by atoms with E-state index in [0.29, 0.717) is 0 Å². The summed E-state index contributed by atoms with van der Waals surface area (Å²) in [5.74, 6) is 0.754. The van der Waals surface area contributed by atoms with Crippen molar-refractivity contribution in [3.8, 4) is 11.4 Å². The molecular weight excluding hydrogens is 224 g/mol. The highest BCUT2D eigenvalue weighted by Gasteiger charge is 2.03. The van der Waals surface area contributed by atoms with Gasteiger partial charge in [0.1, 0.15) is 0 Å². The zero-order valence-corrected chi connectivity index (χ0v) is 11.1. The lowest BCUT2D eigenvalue weighted by molar-refractivity contribution is 0.721. The first-order valence-corrected chi connectivity index (χ1v) is 6.16. The third-order valence-electron chi connectivity index (χ3n) is 2.62. The van der Waals surface area contributed by atoms with Crippen LogP contribution in [-0.2, 0) is 6.54 Å². The minimum atomic E-state index is 0.754. The molecule has 94 valence electrons. The number of nitrogens with one attached hydrogen (secondary N) is 1. The molecule has 4 heteroatoms. The summed E-state index contributed by atoms with van der Waals surface area (Å²) in [4.78, 5) is 13.2. The van der Waals surface area contributed by atoms with E-state index in [2.05, 4.69) is 27.2 Å². The van der Waals surface area contributed by atoms with Crippen LogP contribution in [-0.4, -0.2) is 21.5 Å². The first kappa shape index (κ1) is 12.6. The fraction of sp³-hybridized carbons (Fsp3) is 0.357. The lowest BCUT2D eigenvalue weighted by Gasteiger charge is -2.05. The quantitative estimate of drug-likeness (QED) is 0.893. The maximum atomic E-state index is 4.41. The van der Waals surface area contributed by atoms with Gasteiger partial charge in [-0.25, -0.2) is 9.97 Å². The van der Waals surface area contributed by atoms with E-state index in [1.807, 2.05) is 38.4 Å². The summed E-state index contributed by atoms with van der Waals surface area (Å²) in [6.07, 6.45) is 3.74. The Morgan fingerprint density at radius 2 is 1.67 bits per heavy atom. The molecule has 0 fully saturated rings. The number of nitrogens with zero attached hydrogens (tertiary/aromatic N) is 3. The summed E-state index contributed by atoms with van der Waals surface area (Å²) in [6, 6.07) is 4.01. The average molecular weight is 242 g/mol. The van der Waals surface area contributed by atoms with Gasteiger partial charge in [0.2, 0.25) is 0 Å². The molecule has 0 amide bonds. The molecule has 0 atom stereocenters. The van der Waals surface area contributed by atoms with Crippen molar-refractivity contribution in [3.63, 3.8) is 0 Å². The molecule has 2 heterocycles. The Bertz CT molecular complexity index is 500. The molecule has 0 bridgehead atoms. The lowest BCUT2D eigenvalue weighted by atomic mass is 10.2. The zero-order chi connectivity index (χ0) is 13.0. The second-order valence-corrected chi connectivity index (χ2v) is 4.33. The van der Waals surface area contributed by atoms with Crippen molar-refractivity contribution in [3.05, 3.63) is 41.5 Å². The van der Waals surface area contributed by atoms with Gasteiger partial charge in [-0.2, -0.15) is 0 Å². The first-order chi connectivity index (χ1) is 8.69. The Balaban J connectivity index is 2.23. The van der Waals surface area contributed by atoms with Crippen LogP contribution in [0.3, 0.4) is 0 Å². The number of hydrogen-bond donors (Lipinski definition) is 1. The smallest absolute Gasteiger partial charge is 0.159 e. The van der Waals surface area contributed by atoms with Crippen LogP contribution in [0.1, 0.15) is 23.9 Å². The second-order valence-electron chi connectivity index (χ2n) is 4.33. The van der Waals surface area contributed by atoms with Crippen LogP contribution in [0, 0.1) is 13.8 Å². The minimum Gasteiger partial charge on any atom is -0.313 e. The van der Waals surface area contributed by atoms with E-state index in [1.165, 1.54) is 0 Å². The van der Waals surface area contributed by atoms with E-state index in [1.54, 1.807) is 0 Å². The van der Waals surface area contributed by atoms with Gasteiger partial charge in [-0.1, -0.05) is 6.92 Å². The van der Waals surface area contributed by atoms with Gasteiger partial charge in [0.25, 0.3) is 0 Å². The Kier molecular flexibility index (Phi) is 3.99. The van der Waals surface area contributed by atoms with Crippen LogP contribution in [0.15, 0.2) is 24.5 Å². The third kappa shape index (κ3) is 3.11. The maximum Gasteiger partial charge on any atom is 0.159 e. The molecule has 4 nitrogen and oxygen atoms in total. The Labute approximate surface area is 108 Å². The molecule has 0 aliphatic carbocycles. The Morgan fingerprint density at radius 1 is 1.06 bits per heavy atom. The maximum absolute atomic E-state index is 4.41. The van der Waals surface area contributed by atoms with Gasteiger partial charge in [-0.05, 0) is 32.5 Å². The van der Waals surface area contributed by atoms with Crippen molar-refractivity contribution in [2.24, 2.45) is 0 Å². The monoisotopic (exact) mass is 242 g/mol. The number of hydrogen-bond acceptors (Lipinski definition) is 4. The van der Waals surface area contributed by atoms with Crippen LogP contribution in [0.5, 0.6) is 0 Å². The van der Waals surface area contributed by atoms with Gasteiger partial charge in [-0.15, -0.1) is 0 Å². The molecule has 0 saturated carbocycles. The fourth-order valence-corrected chi connectivity index (χ4v) is 1.83. The van der Waals surface area contributed by atoms with E-state index in [-0.39, 0.29) is 0 Å². The zero-order valence-electron chi connectivity index (χ0n) is 11.1. The lowest BCUT2D eigenvalue weighted by Crippen LogP contribution is -2.12. The van der Waals surface area contributed by atoms with Gasteiger partial charge in [-0.3, -0.25) is 4.98 Å². The molecular formula is C14H18N4. The molecule has 18 heavy (non-hydrogen) atoms. The minimum absolute atomic E-state index is 0.754. The van der Waals surface area contributed by atoms with Crippen molar-refractivity contribution in [1.29, 1.82) is 0 Å². The Morgan fingerprint density at radius 3 is 2.22 bits per heavy atom. The van der Waals surface area contributed by atoms with Crippen LogP contribution in [0.4, 0.5) is 0 Å². The molecule has 0 aromatic carbocycles. The third-order valence-corrected chi connectivity index (χ3v) is 2.62. The summed E-state index contributed by atoms with van der Waals surface area (Å²) < 4.78 is 0. The van der Waals surface area contributed by atoms with Crippen molar-refractivity contribution in [2.45, 2.75) is 27.3 Å². The molecule has 0 saturated heterocycles. The highest BCUT2D eigenvalue weighted by molar-refractivity contribution is 5.55. The highest BCUT2D eigenvalue weighted by Crippen LogP contribution is 2.16. The van der Waals surface area contributed by atoms with Gasteiger partial charge in [0.05, 0.1) is 0 Å². The fourth-order valence-electron chi connectivity index (χ4n) is 1.83. The van der Waals surface area contributed by atoms with Crippen molar-refractivity contribution in [2.75, 3.05) is 6.54 Å². The standard InChI is InChI=1S/C14H18N4/c1-4-15-7-12-8-16-14(17-9-12)13-5-10(2)18-11(3)6-13/h5-6,8-9,15H,4,7H2,1-3H3. The van der Waals surface area contributed by atoms with Gasteiger partial charge >= 0.3 is 0 Å². The molecule has 0 aliphatic heterocycles. The molecule has 2 aromatic rings. The van der Waals surface area contributed by atoms with Gasteiger partial charge in [0, 0.05) is 41.5 Å². The predicted octanol–water partition coefficient (Wildman–Crippen LogP) is 2.26. The van der Waals surface area contributed by atoms with E-state index in [0.717, 1.165) is 41.4 Å². The van der Waals surface area contributed by atoms with E-state index >= 15 is 0 Å². The topological polar surface area (TPSA) is 50.7 Å². The van der Waals surface area contributed by atoms with Crippen molar-refractivity contribution < 1.29 is 0 Å². The normalized spacial score (nSPS) is 10.6. The van der Waals surface area contributed by atoms with Crippen LogP contribution in [0.25, 0.3) is 11.4 Å². The van der Waals surface area contributed by atoms with E-state index in [9.17, 15) is 0 Å². The van der Waals surface area contributed by atoms with E-state index in [4.69, 9.17) is 0 Å². The van der Waals surface area contributed by atoms with Crippen LogP contribution in [0.2, 0.25) is 0 Å². The highest BCUT2D eigenvalue weighted by atomic mass is 14.9. The number of aromatic nitrogens is 3. The van der Waals surface area contributed by atoms with Crippen molar-refractivity contribution >= 4 is 0 Å². The number of rotatable bonds is 4. The number of aryl methyl sites for hydroxylation is 2. The molecule has 0 spiro atoms. The van der Waals surface area contributed by atoms with E-state index < -0.39 is 0 Å². The summed E-state index contributed by atoms with van der Waals surface area (Å²) in [5, 5.41) is 3.25. The summed E-state index contributed by atoms with van der Waals surface area (Å²) in [6.45, 7) is 7.81. The largest absolute Gasteiger partial charge is 0.313 e. The Hall–Kier alpha value is -1.81. The van der Waals surface area contributed by atoms with Gasteiger partial charge < -0.3 is 5.32 Å². The predicted molar refractivity (Wildman–Crippen MR) is 72.1 cm³/mol. The molecule has 0 aliphatic rings. The average Bonchev–Trinajstić information content (AvgIpc) is 2.36. The first-order valence-electron chi connectivity index (χ1n) is 6.16. The number of pyridine rings is 1.